The second-order valence-electron chi connectivity index (χ2n) is 6.47. The molecule has 2 N–H and O–H groups in total. The molecule has 25 heavy (non-hydrogen) atoms. The standard InChI is InChI=1S/C19H20N6/c1-21-16-8-6-14(7-9-16)12-25-18-17(5-2-10-22-18)23-19(25)24-11-3-4-15(20)13-24/h2,5-10,15H,3-4,11-13,20H2/t15-/m0/s1. The molecule has 1 fully saturated rings. The van der Waals surface area contributed by atoms with Crippen molar-refractivity contribution < 1.29 is 0 Å². The van der Waals surface area contributed by atoms with E-state index in [1.807, 2.05) is 36.4 Å². The van der Waals surface area contributed by atoms with Crippen LogP contribution in [-0.4, -0.2) is 33.7 Å². The molecular weight excluding hydrogens is 312 g/mol. The lowest BCUT2D eigenvalue weighted by atomic mass is 10.1. The van der Waals surface area contributed by atoms with Gasteiger partial charge in [0.2, 0.25) is 5.95 Å². The van der Waals surface area contributed by atoms with E-state index in [1.54, 1.807) is 6.20 Å². The Morgan fingerprint density at radius 1 is 1.24 bits per heavy atom. The highest BCUT2D eigenvalue weighted by Crippen LogP contribution is 2.25. The van der Waals surface area contributed by atoms with Gasteiger partial charge in [-0.25, -0.2) is 14.8 Å². The van der Waals surface area contributed by atoms with Crippen LogP contribution in [0.4, 0.5) is 11.6 Å². The van der Waals surface area contributed by atoms with Gasteiger partial charge in [-0.2, -0.15) is 0 Å². The molecule has 2 aromatic heterocycles. The highest BCUT2D eigenvalue weighted by Gasteiger charge is 2.23. The molecule has 6 heteroatoms. The molecule has 1 atom stereocenters. The number of hydrogen-bond donors (Lipinski definition) is 1. The number of pyridine rings is 1. The van der Waals surface area contributed by atoms with Crippen molar-refractivity contribution in [3.63, 3.8) is 0 Å². The summed E-state index contributed by atoms with van der Waals surface area (Å²) in [6, 6.07) is 11.8. The Morgan fingerprint density at radius 2 is 2.08 bits per heavy atom. The van der Waals surface area contributed by atoms with E-state index in [2.05, 4.69) is 19.3 Å². The van der Waals surface area contributed by atoms with Crippen LogP contribution >= 0.6 is 0 Å². The molecule has 1 saturated heterocycles. The minimum absolute atomic E-state index is 0.188. The van der Waals surface area contributed by atoms with Gasteiger partial charge in [0.25, 0.3) is 0 Å². The molecule has 1 aromatic carbocycles. The van der Waals surface area contributed by atoms with Gasteiger partial charge < -0.3 is 10.6 Å². The van der Waals surface area contributed by atoms with E-state index >= 15 is 0 Å². The molecule has 0 unspecified atom stereocenters. The van der Waals surface area contributed by atoms with E-state index < -0.39 is 0 Å². The van der Waals surface area contributed by atoms with Gasteiger partial charge in [-0.15, -0.1) is 0 Å². The van der Waals surface area contributed by atoms with Crippen molar-refractivity contribution in [2.45, 2.75) is 25.4 Å². The summed E-state index contributed by atoms with van der Waals surface area (Å²) < 4.78 is 2.15. The normalized spacial score (nSPS) is 17.6. The van der Waals surface area contributed by atoms with Gasteiger partial charge in [0, 0.05) is 25.3 Å². The van der Waals surface area contributed by atoms with Crippen LogP contribution in [0.15, 0.2) is 42.6 Å². The summed E-state index contributed by atoms with van der Waals surface area (Å²) in [5.41, 5.74) is 9.72. The number of nitrogens with two attached hydrogens (primary N) is 1. The molecule has 0 aliphatic carbocycles. The lowest BCUT2D eigenvalue weighted by Crippen LogP contribution is -2.44. The fraction of sp³-hybridized carbons (Fsp3) is 0.316. The van der Waals surface area contributed by atoms with Gasteiger partial charge in [0.15, 0.2) is 11.3 Å². The number of imidazole rings is 1. The Balaban J connectivity index is 1.74. The smallest absolute Gasteiger partial charge is 0.208 e. The summed E-state index contributed by atoms with van der Waals surface area (Å²) in [6.07, 6.45) is 3.94. The minimum atomic E-state index is 0.188. The Morgan fingerprint density at radius 3 is 2.84 bits per heavy atom. The first-order valence-corrected chi connectivity index (χ1v) is 8.53. The predicted molar refractivity (Wildman–Crippen MR) is 98.8 cm³/mol. The van der Waals surface area contributed by atoms with E-state index in [-0.39, 0.29) is 6.04 Å². The van der Waals surface area contributed by atoms with Gasteiger partial charge in [0.1, 0.15) is 5.52 Å². The van der Waals surface area contributed by atoms with Crippen molar-refractivity contribution >= 4 is 22.8 Å². The molecule has 3 heterocycles. The number of piperidine rings is 1. The molecule has 3 aromatic rings. The first kappa shape index (κ1) is 15.6. The highest BCUT2D eigenvalue weighted by molar-refractivity contribution is 5.75. The molecule has 4 rings (SSSR count). The predicted octanol–water partition coefficient (Wildman–Crippen LogP) is 2.96. The van der Waals surface area contributed by atoms with Gasteiger partial charge in [-0.1, -0.05) is 24.3 Å². The van der Waals surface area contributed by atoms with E-state index in [0.29, 0.717) is 12.2 Å². The summed E-state index contributed by atoms with van der Waals surface area (Å²) in [5.74, 6) is 0.929. The lowest BCUT2D eigenvalue weighted by Gasteiger charge is -2.31. The maximum atomic E-state index is 7.09. The van der Waals surface area contributed by atoms with Crippen molar-refractivity contribution in [1.82, 2.24) is 14.5 Å². The molecule has 1 aliphatic heterocycles. The van der Waals surface area contributed by atoms with Crippen molar-refractivity contribution in [1.29, 1.82) is 0 Å². The van der Waals surface area contributed by atoms with Crippen LogP contribution in [0.1, 0.15) is 18.4 Å². The van der Waals surface area contributed by atoms with Crippen LogP contribution in [0.25, 0.3) is 16.0 Å². The average molecular weight is 332 g/mol. The van der Waals surface area contributed by atoms with Crippen LogP contribution in [0.3, 0.4) is 0 Å². The van der Waals surface area contributed by atoms with Crippen LogP contribution in [0, 0.1) is 6.57 Å². The van der Waals surface area contributed by atoms with E-state index in [4.69, 9.17) is 17.3 Å². The Labute approximate surface area is 146 Å². The molecule has 0 amide bonds. The summed E-state index contributed by atoms with van der Waals surface area (Å²) in [7, 11) is 0. The molecule has 0 bridgehead atoms. The fourth-order valence-corrected chi connectivity index (χ4v) is 3.38. The van der Waals surface area contributed by atoms with Crippen LogP contribution in [-0.2, 0) is 6.54 Å². The maximum Gasteiger partial charge on any atom is 0.208 e. The van der Waals surface area contributed by atoms with Crippen LogP contribution in [0.2, 0.25) is 0 Å². The van der Waals surface area contributed by atoms with E-state index in [1.165, 1.54) is 0 Å². The summed E-state index contributed by atoms with van der Waals surface area (Å²) in [4.78, 5) is 15.1. The second-order valence-corrected chi connectivity index (χ2v) is 6.47. The number of aromatic nitrogens is 3. The number of benzene rings is 1. The number of rotatable bonds is 3. The maximum absolute atomic E-state index is 7.09. The third-order valence-electron chi connectivity index (χ3n) is 4.63. The zero-order valence-corrected chi connectivity index (χ0v) is 14.0. The third-order valence-corrected chi connectivity index (χ3v) is 4.63. The van der Waals surface area contributed by atoms with Gasteiger partial charge >= 0.3 is 0 Å². The quantitative estimate of drug-likeness (QED) is 0.749. The van der Waals surface area contributed by atoms with Crippen LogP contribution < -0.4 is 10.6 Å². The first-order chi connectivity index (χ1) is 12.2. The first-order valence-electron chi connectivity index (χ1n) is 8.53. The van der Waals surface area contributed by atoms with Crippen molar-refractivity contribution in [2.75, 3.05) is 18.0 Å². The highest BCUT2D eigenvalue weighted by atomic mass is 15.3. The topological polar surface area (TPSA) is 64.3 Å². The Kier molecular flexibility index (Phi) is 4.08. The average Bonchev–Trinajstić information content (AvgIpc) is 3.01. The number of fused-ring (bicyclic) bond motifs is 1. The molecule has 0 radical (unpaired) electrons. The molecular formula is C19H20N6. The van der Waals surface area contributed by atoms with Crippen molar-refractivity contribution in [3.05, 3.63) is 59.6 Å². The number of hydrogen-bond acceptors (Lipinski definition) is 4. The second kappa shape index (κ2) is 6.54. The van der Waals surface area contributed by atoms with Gasteiger partial charge in [-0.05, 0) is 30.5 Å². The van der Waals surface area contributed by atoms with Gasteiger partial charge in [0.05, 0.1) is 13.1 Å². The van der Waals surface area contributed by atoms with Crippen molar-refractivity contribution in [3.8, 4) is 0 Å². The fourth-order valence-electron chi connectivity index (χ4n) is 3.38. The number of nitrogens with zero attached hydrogens (tertiary/aromatic N) is 5. The molecule has 126 valence electrons. The summed E-state index contributed by atoms with van der Waals surface area (Å²) >= 11 is 0. The Bertz CT molecular complexity index is 921. The monoisotopic (exact) mass is 332 g/mol. The SMILES string of the molecule is [C-]#[N+]c1ccc(Cn2c(N3CCC[C@H](N)C3)nc3cccnc32)cc1. The number of anilines is 1. The molecule has 6 nitrogen and oxygen atoms in total. The Hall–Kier alpha value is -2.91. The van der Waals surface area contributed by atoms with E-state index in [0.717, 1.165) is 48.6 Å². The van der Waals surface area contributed by atoms with Crippen LogP contribution in [0.5, 0.6) is 0 Å². The molecule has 1 aliphatic rings. The largest absolute Gasteiger partial charge is 0.341 e. The zero-order valence-electron chi connectivity index (χ0n) is 14.0. The third kappa shape index (κ3) is 3.06. The van der Waals surface area contributed by atoms with Crippen molar-refractivity contribution in [2.24, 2.45) is 5.73 Å². The van der Waals surface area contributed by atoms with E-state index in [9.17, 15) is 0 Å². The minimum Gasteiger partial charge on any atom is -0.341 e. The summed E-state index contributed by atoms with van der Waals surface area (Å²) in [6.45, 7) is 9.55. The zero-order chi connectivity index (χ0) is 17.2. The summed E-state index contributed by atoms with van der Waals surface area (Å²) in [5, 5.41) is 0. The lowest BCUT2D eigenvalue weighted by molar-refractivity contribution is 0.495. The molecule has 0 spiro atoms. The molecule has 0 saturated carbocycles. The van der Waals surface area contributed by atoms with Gasteiger partial charge in [-0.3, -0.25) is 4.57 Å².